The lowest BCUT2D eigenvalue weighted by atomic mass is 9.44. The van der Waals surface area contributed by atoms with Crippen molar-refractivity contribution in [1.29, 1.82) is 0 Å². The Hall–Kier alpha value is -0.0800. The minimum absolute atomic E-state index is 0.0666. The molecule has 4 fully saturated rings. The lowest BCUT2D eigenvalue weighted by Gasteiger charge is -2.63. The van der Waals surface area contributed by atoms with E-state index in [0.717, 1.165) is 19.3 Å². The second-order valence-electron chi connectivity index (χ2n) is 9.30. The SMILES string of the molecule is C[C@]12CC[C@@H](O)C[C@@H]1CC[C@@H]1[C@@H]2CC[C@]2(C)CCC[C@@]12O. The Morgan fingerprint density at radius 3 is 2.48 bits per heavy atom. The van der Waals surface area contributed by atoms with Crippen LogP contribution in [0.3, 0.4) is 0 Å². The maximum Gasteiger partial charge on any atom is 0.0731 e. The Bertz CT molecular complexity index is 435. The van der Waals surface area contributed by atoms with Gasteiger partial charge < -0.3 is 10.2 Å². The summed E-state index contributed by atoms with van der Waals surface area (Å²) in [7, 11) is 0. The van der Waals surface area contributed by atoms with E-state index >= 15 is 0 Å². The Morgan fingerprint density at radius 2 is 1.67 bits per heavy atom. The summed E-state index contributed by atoms with van der Waals surface area (Å²) in [6.45, 7) is 4.84. The fraction of sp³-hybridized carbons (Fsp3) is 1.00. The van der Waals surface area contributed by atoms with E-state index in [1.807, 2.05) is 0 Å². The van der Waals surface area contributed by atoms with E-state index in [1.165, 1.54) is 44.9 Å². The molecule has 0 saturated heterocycles. The number of hydrogen-bond acceptors (Lipinski definition) is 2. The zero-order valence-corrected chi connectivity index (χ0v) is 13.8. The van der Waals surface area contributed by atoms with Gasteiger partial charge in [-0.1, -0.05) is 13.8 Å². The molecule has 120 valence electrons. The second kappa shape index (κ2) is 4.47. The average Bonchev–Trinajstić information content (AvgIpc) is 2.75. The van der Waals surface area contributed by atoms with E-state index in [2.05, 4.69) is 13.8 Å². The van der Waals surface area contributed by atoms with Crippen LogP contribution in [0.15, 0.2) is 0 Å². The van der Waals surface area contributed by atoms with Crippen molar-refractivity contribution in [2.24, 2.45) is 28.6 Å². The van der Waals surface area contributed by atoms with Crippen molar-refractivity contribution >= 4 is 0 Å². The van der Waals surface area contributed by atoms with Crippen molar-refractivity contribution in [2.75, 3.05) is 0 Å². The summed E-state index contributed by atoms with van der Waals surface area (Å²) in [6.07, 6.45) is 11.5. The Balaban J connectivity index is 1.67. The molecule has 0 aromatic carbocycles. The zero-order valence-electron chi connectivity index (χ0n) is 13.8. The summed E-state index contributed by atoms with van der Waals surface area (Å²) in [5, 5.41) is 21.6. The zero-order chi connectivity index (χ0) is 14.9. The normalized spacial score (nSPS) is 60.0. The molecule has 0 aliphatic heterocycles. The van der Waals surface area contributed by atoms with Crippen molar-refractivity contribution in [3.63, 3.8) is 0 Å². The predicted octanol–water partition coefficient (Wildman–Crippen LogP) is 3.90. The molecule has 2 heteroatoms. The minimum Gasteiger partial charge on any atom is -0.393 e. The van der Waals surface area contributed by atoms with Gasteiger partial charge in [0, 0.05) is 0 Å². The smallest absolute Gasteiger partial charge is 0.0731 e. The minimum atomic E-state index is -0.389. The number of hydrogen-bond donors (Lipinski definition) is 2. The van der Waals surface area contributed by atoms with Crippen LogP contribution in [0, 0.1) is 28.6 Å². The largest absolute Gasteiger partial charge is 0.393 e. The monoisotopic (exact) mass is 292 g/mol. The fourth-order valence-corrected chi connectivity index (χ4v) is 7.19. The molecule has 0 amide bonds. The van der Waals surface area contributed by atoms with Crippen molar-refractivity contribution in [3.8, 4) is 0 Å². The molecule has 0 unspecified atom stereocenters. The van der Waals surface area contributed by atoms with E-state index in [4.69, 9.17) is 0 Å². The quantitative estimate of drug-likeness (QED) is 0.711. The summed E-state index contributed by atoms with van der Waals surface area (Å²) in [6, 6.07) is 0. The summed E-state index contributed by atoms with van der Waals surface area (Å²) >= 11 is 0. The lowest BCUT2D eigenvalue weighted by Crippen LogP contribution is -2.61. The van der Waals surface area contributed by atoms with Crippen LogP contribution in [0.4, 0.5) is 0 Å². The molecule has 0 aromatic heterocycles. The van der Waals surface area contributed by atoms with Crippen LogP contribution in [0.1, 0.15) is 78.1 Å². The molecule has 4 aliphatic carbocycles. The standard InChI is InChI=1S/C19H32O2/c1-17-8-3-9-19(17,21)16-5-4-13-12-14(20)6-11-18(13,2)15(16)7-10-17/h13-16,20-21H,3-12H2,1-2H3/t13-,14+,15-,16+,17-,18-,19+/m0/s1. The van der Waals surface area contributed by atoms with Gasteiger partial charge in [-0.05, 0) is 92.8 Å². The Kier molecular flexibility index (Phi) is 3.09. The van der Waals surface area contributed by atoms with E-state index < -0.39 is 0 Å². The van der Waals surface area contributed by atoms with Crippen molar-refractivity contribution in [2.45, 2.75) is 89.8 Å². The number of rotatable bonds is 0. The molecular weight excluding hydrogens is 260 g/mol. The molecular formula is C19H32O2. The van der Waals surface area contributed by atoms with E-state index in [0.29, 0.717) is 23.2 Å². The van der Waals surface area contributed by atoms with Crippen LogP contribution in [0.25, 0.3) is 0 Å². The first kappa shape index (κ1) is 14.5. The highest BCUT2D eigenvalue weighted by molar-refractivity contribution is 5.14. The molecule has 2 nitrogen and oxygen atoms in total. The maximum absolute atomic E-state index is 11.6. The third-order valence-electron chi connectivity index (χ3n) is 8.62. The van der Waals surface area contributed by atoms with Crippen molar-refractivity contribution < 1.29 is 10.2 Å². The van der Waals surface area contributed by atoms with Gasteiger partial charge >= 0.3 is 0 Å². The van der Waals surface area contributed by atoms with Gasteiger partial charge in [-0.15, -0.1) is 0 Å². The van der Waals surface area contributed by atoms with Crippen LogP contribution >= 0.6 is 0 Å². The van der Waals surface area contributed by atoms with Gasteiger partial charge in [0.1, 0.15) is 0 Å². The third kappa shape index (κ3) is 1.78. The van der Waals surface area contributed by atoms with Gasteiger partial charge in [0.05, 0.1) is 11.7 Å². The van der Waals surface area contributed by atoms with Gasteiger partial charge in [-0.2, -0.15) is 0 Å². The molecule has 0 spiro atoms. The number of fused-ring (bicyclic) bond motifs is 5. The highest BCUT2D eigenvalue weighted by Gasteiger charge is 2.64. The highest BCUT2D eigenvalue weighted by atomic mass is 16.3. The van der Waals surface area contributed by atoms with Crippen LogP contribution in [-0.2, 0) is 0 Å². The van der Waals surface area contributed by atoms with E-state index in [-0.39, 0.29) is 17.1 Å². The maximum atomic E-state index is 11.6. The molecule has 4 saturated carbocycles. The van der Waals surface area contributed by atoms with E-state index in [1.54, 1.807) is 0 Å². The highest BCUT2D eigenvalue weighted by Crippen LogP contribution is 2.67. The third-order valence-corrected chi connectivity index (χ3v) is 8.62. The first-order valence-electron chi connectivity index (χ1n) is 9.29. The van der Waals surface area contributed by atoms with Gasteiger partial charge in [0.2, 0.25) is 0 Å². The van der Waals surface area contributed by atoms with Crippen LogP contribution < -0.4 is 0 Å². The van der Waals surface area contributed by atoms with Crippen LogP contribution in [-0.4, -0.2) is 21.9 Å². The molecule has 0 heterocycles. The van der Waals surface area contributed by atoms with Gasteiger partial charge in [-0.25, -0.2) is 0 Å². The summed E-state index contributed by atoms with van der Waals surface area (Å²) in [5.41, 5.74) is 0.174. The first-order chi connectivity index (χ1) is 9.89. The molecule has 2 N–H and O–H groups in total. The lowest BCUT2D eigenvalue weighted by molar-refractivity contribution is -0.202. The molecule has 7 atom stereocenters. The Morgan fingerprint density at radius 1 is 0.857 bits per heavy atom. The van der Waals surface area contributed by atoms with Crippen LogP contribution in [0.5, 0.6) is 0 Å². The molecule has 0 radical (unpaired) electrons. The summed E-state index contributed by atoms with van der Waals surface area (Å²) in [4.78, 5) is 0. The fourth-order valence-electron chi connectivity index (χ4n) is 7.19. The average molecular weight is 292 g/mol. The number of aliphatic hydroxyl groups excluding tert-OH is 1. The predicted molar refractivity (Wildman–Crippen MR) is 83.8 cm³/mol. The van der Waals surface area contributed by atoms with Gasteiger partial charge in [0.25, 0.3) is 0 Å². The molecule has 0 aromatic rings. The molecule has 0 bridgehead atoms. The van der Waals surface area contributed by atoms with E-state index in [9.17, 15) is 10.2 Å². The first-order valence-corrected chi connectivity index (χ1v) is 9.29. The number of aliphatic hydroxyl groups is 2. The topological polar surface area (TPSA) is 40.5 Å². The van der Waals surface area contributed by atoms with Crippen molar-refractivity contribution in [3.05, 3.63) is 0 Å². The molecule has 4 aliphatic rings. The van der Waals surface area contributed by atoms with Gasteiger partial charge in [-0.3, -0.25) is 0 Å². The molecule has 4 rings (SSSR count). The van der Waals surface area contributed by atoms with Crippen molar-refractivity contribution in [1.82, 2.24) is 0 Å². The van der Waals surface area contributed by atoms with Crippen LogP contribution in [0.2, 0.25) is 0 Å². The van der Waals surface area contributed by atoms with Gasteiger partial charge in [0.15, 0.2) is 0 Å². The second-order valence-corrected chi connectivity index (χ2v) is 9.30. The Labute approximate surface area is 129 Å². The summed E-state index contributed by atoms with van der Waals surface area (Å²) < 4.78 is 0. The molecule has 21 heavy (non-hydrogen) atoms. The summed E-state index contributed by atoms with van der Waals surface area (Å²) in [5.74, 6) is 1.91.